The third-order valence-corrected chi connectivity index (χ3v) is 3.32. The second-order valence-electron chi connectivity index (χ2n) is 5.14. The predicted molar refractivity (Wildman–Crippen MR) is 101 cm³/mol. The Balaban J connectivity index is 2.07. The van der Waals surface area contributed by atoms with Crippen LogP contribution in [-0.4, -0.2) is 26.3 Å². The fourth-order valence-corrected chi connectivity index (χ4v) is 2.17. The predicted octanol–water partition coefficient (Wildman–Crippen LogP) is 4.28. The molecule has 136 valence electrons. The van der Waals surface area contributed by atoms with Crippen molar-refractivity contribution in [1.29, 1.82) is 0 Å². The number of carbonyl (C=O) groups excluding carboxylic acids is 1. The number of esters is 1. The lowest BCUT2D eigenvalue weighted by Gasteiger charge is -2.10. The van der Waals surface area contributed by atoms with Gasteiger partial charge in [-0.1, -0.05) is 30.9 Å². The Labute approximate surface area is 153 Å². The van der Waals surface area contributed by atoms with Crippen LogP contribution in [0.2, 0.25) is 0 Å². The smallest absolute Gasteiger partial charge is 0.336 e. The third kappa shape index (κ3) is 5.41. The number of benzene rings is 2. The molecule has 0 aromatic heterocycles. The molecule has 0 amide bonds. The summed E-state index contributed by atoms with van der Waals surface area (Å²) in [5, 5.41) is 0. The summed E-state index contributed by atoms with van der Waals surface area (Å²) in [6, 6.07) is 12.4. The summed E-state index contributed by atoms with van der Waals surface area (Å²) in [7, 11) is 1.56. The van der Waals surface area contributed by atoms with Gasteiger partial charge in [-0.25, -0.2) is 4.79 Å². The van der Waals surface area contributed by atoms with E-state index < -0.39 is 5.97 Å². The lowest BCUT2D eigenvalue weighted by atomic mass is 10.2. The summed E-state index contributed by atoms with van der Waals surface area (Å²) in [6.45, 7) is 6.36. The molecule has 0 aliphatic rings. The van der Waals surface area contributed by atoms with Crippen molar-refractivity contribution in [3.8, 4) is 23.0 Å². The van der Waals surface area contributed by atoms with E-state index in [1.54, 1.807) is 49.6 Å². The molecule has 0 unspecified atom stereocenters. The zero-order chi connectivity index (χ0) is 18.8. The number of hydrogen-bond donors (Lipinski definition) is 0. The molecule has 0 aliphatic heterocycles. The van der Waals surface area contributed by atoms with Crippen LogP contribution in [0.5, 0.6) is 23.0 Å². The number of hydrogen-bond acceptors (Lipinski definition) is 5. The molecule has 0 N–H and O–H groups in total. The van der Waals surface area contributed by atoms with Crippen molar-refractivity contribution in [2.75, 3.05) is 20.3 Å². The fraction of sp³-hybridized carbons (Fsp3) is 0.190. The van der Waals surface area contributed by atoms with Crippen molar-refractivity contribution < 1.29 is 23.7 Å². The van der Waals surface area contributed by atoms with Crippen LogP contribution < -0.4 is 18.9 Å². The van der Waals surface area contributed by atoms with Crippen molar-refractivity contribution >= 4 is 12.0 Å². The third-order valence-electron chi connectivity index (χ3n) is 3.32. The zero-order valence-electron chi connectivity index (χ0n) is 14.9. The van der Waals surface area contributed by atoms with Gasteiger partial charge in [0.15, 0.2) is 23.0 Å². The van der Waals surface area contributed by atoms with Gasteiger partial charge in [-0.05, 0) is 42.8 Å². The first-order chi connectivity index (χ1) is 12.7. The quantitative estimate of drug-likeness (QED) is 0.291. The fourth-order valence-electron chi connectivity index (χ4n) is 2.17. The molecular formula is C21H22O5. The lowest BCUT2D eigenvalue weighted by molar-refractivity contribution is -0.129. The molecule has 0 radical (unpaired) electrons. The second-order valence-corrected chi connectivity index (χ2v) is 5.14. The molecule has 2 aromatic carbocycles. The first-order valence-corrected chi connectivity index (χ1v) is 8.21. The molecule has 26 heavy (non-hydrogen) atoms. The van der Waals surface area contributed by atoms with Crippen LogP contribution in [0.3, 0.4) is 0 Å². The van der Waals surface area contributed by atoms with E-state index in [0.29, 0.717) is 36.2 Å². The van der Waals surface area contributed by atoms with Crippen LogP contribution in [0.15, 0.2) is 61.2 Å². The van der Waals surface area contributed by atoms with Crippen LogP contribution in [0.25, 0.3) is 6.08 Å². The van der Waals surface area contributed by atoms with Crippen molar-refractivity contribution in [3.63, 3.8) is 0 Å². The van der Waals surface area contributed by atoms with Crippen molar-refractivity contribution in [3.05, 3.63) is 66.8 Å². The highest BCUT2D eigenvalue weighted by Gasteiger charge is 2.08. The average Bonchev–Trinajstić information content (AvgIpc) is 2.66. The maximum absolute atomic E-state index is 12.1. The number of para-hydroxylation sites is 2. The topological polar surface area (TPSA) is 54.0 Å². The van der Waals surface area contributed by atoms with E-state index >= 15 is 0 Å². The highest BCUT2D eigenvalue weighted by Crippen LogP contribution is 2.29. The largest absolute Gasteiger partial charge is 0.493 e. The van der Waals surface area contributed by atoms with E-state index in [-0.39, 0.29) is 0 Å². The minimum absolute atomic E-state index is 0.384. The molecule has 0 fully saturated rings. The van der Waals surface area contributed by atoms with Gasteiger partial charge in [-0.15, -0.1) is 0 Å². The Bertz CT molecular complexity index is 780. The zero-order valence-corrected chi connectivity index (χ0v) is 14.9. The van der Waals surface area contributed by atoms with Gasteiger partial charge in [0.05, 0.1) is 13.7 Å². The molecule has 0 saturated heterocycles. The molecule has 0 atom stereocenters. The molecular weight excluding hydrogens is 332 g/mol. The van der Waals surface area contributed by atoms with Crippen LogP contribution in [0, 0.1) is 0 Å². The Morgan fingerprint density at radius 1 is 1.04 bits per heavy atom. The van der Waals surface area contributed by atoms with Crippen molar-refractivity contribution in [2.45, 2.75) is 6.92 Å². The van der Waals surface area contributed by atoms with Gasteiger partial charge in [0.2, 0.25) is 0 Å². The Morgan fingerprint density at radius 3 is 2.46 bits per heavy atom. The van der Waals surface area contributed by atoms with Gasteiger partial charge in [0.25, 0.3) is 0 Å². The van der Waals surface area contributed by atoms with Gasteiger partial charge < -0.3 is 18.9 Å². The molecule has 0 aliphatic carbocycles. The van der Waals surface area contributed by atoms with E-state index in [1.807, 2.05) is 19.1 Å². The molecule has 0 saturated carbocycles. The summed E-state index contributed by atoms with van der Waals surface area (Å²) in [5.74, 6) is 1.60. The first-order valence-electron chi connectivity index (χ1n) is 8.21. The molecule has 0 heterocycles. The summed E-state index contributed by atoms with van der Waals surface area (Å²) in [4.78, 5) is 12.1. The molecule has 2 rings (SSSR count). The standard InChI is InChI=1S/C21H22O5/c1-4-14-25-18-12-10-16(15-20(18)23-3)11-13-21(22)26-19-9-7-6-8-17(19)24-5-2/h4,6-13,15H,1,5,14H2,2-3H3/b13-11+. The number of rotatable bonds is 9. The van der Waals surface area contributed by atoms with Crippen molar-refractivity contribution in [2.24, 2.45) is 0 Å². The summed E-state index contributed by atoms with van der Waals surface area (Å²) in [6.07, 6.45) is 4.65. The number of ether oxygens (including phenoxy) is 4. The SMILES string of the molecule is C=CCOc1ccc(/C=C/C(=O)Oc2ccccc2OCC)cc1OC. The van der Waals surface area contributed by atoms with Gasteiger partial charge in [-0.2, -0.15) is 0 Å². The lowest BCUT2D eigenvalue weighted by Crippen LogP contribution is -2.05. The maximum Gasteiger partial charge on any atom is 0.336 e. The van der Waals surface area contributed by atoms with E-state index in [4.69, 9.17) is 18.9 Å². The molecule has 0 bridgehead atoms. The Kier molecular flexibility index (Phi) is 7.31. The Morgan fingerprint density at radius 2 is 1.77 bits per heavy atom. The minimum atomic E-state index is -0.497. The highest BCUT2D eigenvalue weighted by molar-refractivity contribution is 5.89. The van der Waals surface area contributed by atoms with Gasteiger partial charge >= 0.3 is 5.97 Å². The molecule has 5 heteroatoms. The summed E-state index contributed by atoms with van der Waals surface area (Å²) >= 11 is 0. The van der Waals surface area contributed by atoms with Gasteiger partial charge in [0.1, 0.15) is 6.61 Å². The maximum atomic E-state index is 12.1. The molecule has 2 aromatic rings. The number of methoxy groups -OCH3 is 1. The molecule has 0 spiro atoms. The van der Waals surface area contributed by atoms with Crippen LogP contribution >= 0.6 is 0 Å². The van der Waals surface area contributed by atoms with Crippen LogP contribution in [0.1, 0.15) is 12.5 Å². The molecule has 5 nitrogen and oxygen atoms in total. The normalized spacial score (nSPS) is 10.4. The van der Waals surface area contributed by atoms with E-state index in [2.05, 4.69) is 6.58 Å². The Hall–Kier alpha value is -3.21. The van der Waals surface area contributed by atoms with Gasteiger partial charge in [-0.3, -0.25) is 0 Å². The first kappa shape index (κ1) is 19.1. The second kappa shape index (κ2) is 9.93. The van der Waals surface area contributed by atoms with E-state index in [1.165, 1.54) is 6.08 Å². The summed E-state index contributed by atoms with van der Waals surface area (Å²) in [5.41, 5.74) is 0.780. The monoisotopic (exact) mass is 354 g/mol. The highest BCUT2D eigenvalue weighted by atomic mass is 16.6. The minimum Gasteiger partial charge on any atom is -0.493 e. The van der Waals surface area contributed by atoms with Crippen LogP contribution in [-0.2, 0) is 4.79 Å². The average molecular weight is 354 g/mol. The van der Waals surface area contributed by atoms with Gasteiger partial charge in [0, 0.05) is 6.08 Å². The summed E-state index contributed by atoms with van der Waals surface area (Å²) < 4.78 is 21.6. The van der Waals surface area contributed by atoms with E-state index in [9.17, 15) is 4.79 Å². The number of carbonyl (C=O) groups is 1. The van der Waals surface area contributed by atoms with Crippen molar-refractivity contribution in [1.82, 2.24) is 0 Å². The van der Waals surface area contributed by atoms with Crippen LogP contribution in [0.4, 0.5) is 0 Å². The van der Waals surface area contributed by atoms with E-state index in [0.717, 1.165) is 5.56 Å².